The van der Waals surface area contributed by atoms with Gasteiger partial charge in [-0.25, -0.2) is 4.98 Å². The van der Waals surface area contributed by atoms with Crippen molar-refractivity contribution in [1.82, 2.24) is 9.97 Å². The van der Waals surface area contributed by atoms with Gasteiger partial charge in [0.05, 0.1) is 19.2 Å². The molecule has 0 saturated heterocycles. The SMILES string of the molecule is COc1ccc2c(c1)CN(c1ccc3oc(-c4cccnc4)nc3c1)C2=O. The normalized spacial score (nSPS) is 13.2. The Labute approximate surface area is 155 Å². The summed E-state index contributed by atoms with van der Waals surface area (Å²) < 4.78 is 11.1. The van der Waals surface area contributed by atoms with Crippen LogP contribution >= 0.6 is 0 Å². The number of ether oxygens (including phenoxy) is 1. The van der Waals surface area contributed by atoms with Crippen LogP contribution in [0, 0.1) is 0 Å². The molecule has 0 unspecified atom stereocenters. The van der Waals surface area contributed by atoms with Crippen LogP contribution in [0.3, 0.4) is 0 Å². The van der Waals surface area contributed by atoms with Crippen molar-refractivity contribution in [3.8, 4) is 17.2 Å². The van der Waals surface area contributed by atoms with Crippen LogP contribution in [0.5, 0.6) is 5.75 Å². The molecular formula is C21H15N3O3. The van der Waals surface area contributed by atoms with Gasteiger partial charge in [-0.1, -0.05) is 0 Å². The molecular weight excluding hydrogens is 342 g/mol. The zero-order valence-electron chi connectivity index (χ0n) is 14.5. The molecule has 1 aliphatic heterocycles. The number of anilines is 1. The van der Waals surface area contributed by atoms with E-state index in [-0.39, 0.29) is 5.91 Å². The summed E-state index contributed by atoms with van der Waals surface area (Å²) in [6.45, 7) is 0.504. The van der Waals surface area contributed by atoms with Crippen LogP contribution < -0.4 is 9.64 Å². The molecule has 2 aromatic heterocycles. The van der Waals surface area contributed by atoms with Crippen LogP contribution in [0.2, 0.25) is 0 Å². The van der Waals surface area contributed by atoms with Crippen LogP contribution in [-0.4, -0.2) is 23.0 Å². The van der Waals surface area contributed by atoms with Gasteiger partial charge in [-0.3, -0.25) is 9.78 Å². The van der Waals surface area contributed by atoms with Crippen molar-refractivity contribution in [2.75, 3.05) is 12.0 Å². The molecule has 0 radical (unpaired) electrons. The van der Waals surface area contributed by atoms with E-state index in [1.165, 1.54) is 0 Å². The zero-order chi connectivity index (χ0) is 18.4. The average Bonchev–Trinajstić information content (AvgIpc) is 3.29. The van der Waals surface area contributed by atoms with Gasteiger partial charge in [0.1, 0.15) is 11.3 Å². The first-order valence-electron chi connectivity index (χ1n) is 8.53. The minimum atomic E-state index is -0.0250. The van der Waals surface area contributed by atoms with Gasteiger partial charge >= 0.3 is 0 Å². The standard InChI is InChI=1S/C21H15N3O3/c1-26-16-5-6-17-14(9-16)12-24(21(17)25)15-4-7-19-18(10-15)23-20(27-19)13-3-2-8-22-11-13/h2-11H,12H2,1H3. The van der Waals surface area contributed by atoms with Crippen LogP contribution in [0.4, 0.5) is 5.69 Å². The summed E-state index contributed by atoms with van der Waals surface area (Å²) >= 11 is 0. The molecule has 6 heteroatoms. The molecule has 0 atom stereocenters. The first-order chi connectivity index (χ1) is 13.2. The molecule has 0 spiro atoms. The van der Waals surface area contributed by atoms with Crippen LogP contribution in [-0.2, 0) is 6.54 Å². The van der Waals surface area contributed by atoms with Gasteiger partial charge in [-0.15, -0.1) is 0 Å². The van der Waals surface area contributed by atoms with Crippen molar-refractivity contribution in [3.05, 3.63) is 72.1 Å². The number of rotatable bonds is 3. The minimum absolute atomic E-state index is 0.0250. The van der Waals surface area contributed by atoms with Gasteiger partial charge in [0.25, 0.3) is 5.91 Å². The lowest BCUT2D eigenvalue weighted by atomic mass is 10.1. The Hall–Kier alpha value is -3.67. The Bertz CT molecular complexity index is 1170. The maximum absolute atomic E-state index is 12.8. The molecule has 3 heterocycles. The number of hydrogen-bond donors (Lipinski definition) is 0. The van der Waals surface area contributed by atoms with Gasteiger partial charge in [0, 0.05) is 23.6 Å². The van der Waals surface area contributed by atoms with Gasteiger partial charge in [0.15, 0.2) is 5.58 Å². The first kappa shape index (κ1) is 15.6. The lowest BCUT2D eigenvalue weighted by Gasteiger charge is -2.15. The van der Waals surface area contributed by atoms with Gasteiger partial charge in [-0.2, -0.15) is 0 Å². The number of carbonyl (C=O) groups excluding carboxylic acids is 1. The third kappa shape index (κ3) is 2.54. The number of aromatic nitrogens is 2. The summed E-state index contributed by atoms with van der Waals surface area (Å²) in [6, 6.07) is 14.8. The second-order valence-electron chi connectivity index (χ2n) is 6.33. The minimum Gasteiger partial charge on any atom is -0.497 e. The van der Waals surface area contributed by atoms with Crippen molar-refractivity contribution >= 4 is 22.7 Å². The maximum atomic E-state index is 12.8. The number of methoxy groups -OCH3 is 1. The number of pyridine rings is 1. The molecule has 2 aromatic carbocycles. The van der Waals surface area contributed by atoms with Crippen LogP contribution in [0.25, 0.3) is 22.6 Å². The number of benzene rings is 2. The number of carbonyl (C=O) groups is 1. The maximum Gasteiger partial charge on any atom is 0.258 e. The molecule has 0 bridgehead atoms. The monoisotopic (exact) mass is 357 g/mol. The lowest BCUT2D eigenvalue weighted by Crippen LogP contribution is -2.22. The molecule has 27 heavy (non-hydrogen) atoms. The smallest absolute Gasteiger partial charge is 0.258 e. The van der Waals surface area contributed by atoms with Crippen molar-refractivity contribution < 1.29 is 13.9 Å². The molecule has 1 amide bonds. The molecule has 132 valence electrons. The van der Waals surface area contributed by atoms with E-state index < -0.39 is 0 Å². The Morgan fingerprint density at radius 1 is 1.15 bits per heavy atom. The third-order valence-corrected chi connectivity index (χ3v) is 4.71. The Morgan fingerprint density at radius 3 is 2.89 bits per heavy atom. The predicted octanol–water partition coefficient (Wildman–Crippen LogP) is 4.06. The number of fused-ring (bicyclic) bond motifs is 2. The molecule has 0 fully saturated rings. The Kier molecular flexibility index (Phi) is 3.43. The fourth-order valence-electron chi connectivity index (χ4n) is 3.33. The molecule has 6 nitrogen and oxygen atoms in total. The molecule has 1 aliphatic rings. The van der Waals surface area contributed by atoms with Crippen molar-refractivity contribution in [2.45, 2.75) is 6.54 Å². The zero-order valence-corrected chi connectivity index (χ0v) is 14.5. The van der Waals surface area contributed by atoms with E-state index in [1.54, 1.807) is 30.5 Å². The molecule has 0 saturated carbocycles. The highest BCUT2D eigenvalue weighted by Gasteiger charge is 2.29. The van der Waals surface area contributed by atoms with Gasteiger partial charge in [-0.05, 0) is 54.1 Å². The Morgan fingerprint density at radius 2 is 2.07 bits per heavy atom. The highest BCUT2D eigenvalue weighted by molar-refractivity contribution is 6.10. The number of nitrogens with zero attached hydrogens (tertiary/aromatic N) is 3. The summed E-state index contributed by atoms with van der Waals surface area (Å²) in [7, 11) is 1.62. The van der Waals surface area contributed by atoms with Crippen molar-refractivity contribution in [1.29, 1.82) is 0 Å². The number of oxazole rings is 1. The van der Waals surface area contributed by atoms with E-state index in [4.69, 9.17) is 9.15 Å². The van der Waals surface area contributed by atoms with Gasteiger partial charge < -0.3 is 14.1 Å². The highest BCUT2D eigenvalue weighted by Crippen LogP contribution is 2.33. The van der Waals surface area contributed by atoms with E-state index >= 15 is 0 Å². The number of hydrogen-bond acceptors (Lipinski definition) is 5. The van der Waals surface area contributed by atoms with E-state index in [9.17, 15) is 4.79 Å². The summed E-state index contributed by atoms with van der Waals surface area (Å²) in [5.74, 6) is 1.23. The second kappa shape index (κ2) is 5.95. The summed E-state index contributed by atoms with van der Waals surface area (Å²) in [4.78, 5) is 23.2. The van der Waals surface area contributed by atoms with E-state index in [0.717, 1.165) is 22.6 Å². The Balaban J connectivity index is 1.51. The highest BCUT2D eigenvalue weighted by atomic mass is 16.5. The van der Waals surface area contributed by atoms with E-state index in [0.29, 0.717) is 29.1 Å². The third-order valence-electron chi connectivity index (χ3n) is 4.71. The summed E-state index contributed by atoms with van der Waals surface area (Å²) in [6.07, 6.45) is 3.41. The second-order valence-corrected chi connectivity index (χ2v) is 6.33. The molecule has 4 aromatic rings. The summed E-state index contributed by atoms with van der Waals surface area (Å²) in [5, 5.41) is 0. The lowest BCUT2D eigenvalue weighted by molar-refractivity contribution is 0.0996. The predicted molar refractivity (Wildman–Crippen MR) is 101 cm³/mol. The van der Waals surface area contributed by atoms with Crippen LogP contribution in [0.15, 0.2) is 65.3 Å². The molecule has 5 rings (SSSR count). The quantitative estimate of drug-likeness (QED) is 0.553. The summed E-state index contributed by atoms with van der Waals surface area (Å²) in [5.41, 5.74) is 4.62. The van der Waals surface area contributed by atoms with E-state index in [1.807, 2.05) is 42.5 Å². The van der Waals surface area contributed by atoms with E-state index in [2.05, 4.69) is 9.97 Å². The van der Waals surface area contributed by atoms with Crippen molar-refractivity contribution in [3.63, 3.8) is 0 Å². The fourth-order valence-corrected chi connectivity index (χ4v) is 3.33. The fraction of sp³-hybridized carbons (Fsp3) is 0.0952. The largest absolute Gasteiger partial charge is 0.497 e. The van der Waals surface area contributed by atoms with Crippen molar-refractivity contribution in [2.24, 2.45) is 0 Å². The molecule has 0 N–H and O–H groups in total. The average molecular weight is 357 g/mol. The van der Waals surface area contributed by atoms with Crippen LogP contribution in [0.1, 0.15) is 15.9 Å². The first-order valence-corrected chi connectivity index (χ1v) is 8.53. The number of amides is 1. The van der Waals surface area contributed by atoms with Gasteiger partial charge in [0.2, 0.25) is 5.89 Å². The molecule has 0 aliphatic carbocycles. The topological polar surface area (TPSA) is 68.5 Å².